The Morgan fingerprint density at radius 3 is 2.57 bits per heavy atom. The molecule has 0 aliphatic rings. The first-order valence-corrected chi connectivity index (χ1v) is 10.8. The molecule has 0 heterocycles. The van der Waals surface area contributed by atoms with Crippen molar-refractivity contribution in [1.82, 2.24) is 5.32 Å². The molecule has 1 amide bonds. The molecule has 28 heavy (non-hydrogen) atoms. The zero-order chi connectivity index (χ0) is 20.7. The number of methoxy groups -OCH3 is 1. The Morgan fingerprint density at radius 1 is 1.25 bits per heavy atom. The van der Waals surface area contributed by atoms with E-state index >= 15 is 0 Å². The van der Waals surface area contributed by atoms with Crippen molar-refractivity contribution in [2.75, 3.05) is 24.2 Å². The van der Waals surface area contributed by atoms with Crippen LogP contribution in [-0.2, 0) is 21.4 Å². The first kappa shape index (κ1) is 22.0. The highest BCUT2D eigenvalue weighted by Crippen LogP contribution is 2.30. The van der Waals surface area contributed by atoms with Gasteiger partial charge in [0.2, 0.25) is 15.9 Å². The zero-order valence-corrected chi connectivity index (χ0v) is 17.2. The van der Waals surface area contributed by atoms with E-state index in [0.29, 0.717) is 23.4 Å². The van der Waals surface area contributed by atoms with Gasteiger partial charge in [-0.3, -0.25) is 9.10 Å². The molecule has 2 aromatic carbocycles. The van der Waals surface area contributed by atoms with E-state index in [9.17, 15) is 17.6 Å². The summed E-state index contributed by atoms with van der Waals surface area (Å²) in [6, 6.07) is 10.8. The molecule has 0 radical (unpaired) electrons. The maximum atomic E-state index is 13.6. The van der Waals surface area contributed by atoms with Crippen LogP contribution in [0.1, 0.15) is 18.4 Å². The number of ether oxygens (including phenoxy) is 1. The molecule has 0 bridgehead atoms. The first-order valence-electron chi connectivity index (χ1n) is 8.53. The Morgan fingerprint density at radius 2 is 1.96 bits per heavy atom. The van der Waals surface area contributed by atoms with Crippen molar-refractivity contribution in [2.45, 2.75) is 19.4 Å². The van der Waals surface area contributed by atoms with Crippen LogP contribution in [0.25, 0.3) is 0 Å². The van der Waals surface area contributed by atoms with Gasteiger partial charge >= 0.3 is 0 Å². The number of benzene rings is 2. The molecule has 0 saturated carbocycles. The summed E-state index contributed by atoms with van der Waals surface area (Å²) in [5.41, 5.74) is 0.779. The monoisotopic (exact) mass is 428 g/mol. The summed E-state index contributed by atoms with van der Waals surface area (Å²) in [6.07, 6.45) is 1.48. The second kappa shape index (κ2) is 9.75. The van der Waals surface area contributed by atoms with Crippen molar-refractivity contribution >= 4 is 33.2 Å². The number of sulfonamides is 1. The molecule has 9 heteroatoms. The molecule has 1 N–H and O–H groups in total. The van der Waals surface area contributed by atoms with E-state index in [1.54, 1.807) is 30.3 Å². The minimum Gasteiger partial charge on any atom is -0.495 e. The third kappa shape index (κ3) is 6.10. The van der Waals surface area contributed by atoms with E-state index in [1.165, 1.54) is 23.5 Å². The molecule has 0 spiro atoms. The number of rotatable bonds is 9. The fraction of sp³-hybridized carbons (Fsp3) is 0.316. The standard InChI is InChI=1S/C19H22ClFN2O4S/c1-27-18-10-9-15(12-16(18)20)23(28(2,25)26)11-5-8-19(24)22-13-14-6-3-4-7-17(14)21/h3-4,6-7,9-10,12H,5,8,11,13H2,1-2H3,(H,22,24). The fourth-order valence-electron chi connectivity index (χ4n) is 2.60. The molecule has 152 valence electrons. The highest BCUT2D eigenvalue weighted by molar-refractivity contribution is 7.92. The smallest absolute Gasteiger partial charge is 0.232 e. The van der Waals surface area contributed by atoms with Crippen LogP contribution in [0.4, 0.5) is 10.1 Å². The Labute approximate surface area is 169 Å². The van der Waals surface area contributed by atoms with Crippen molar-refractivity contribution in [3.05, 3.63) is 58.9 Å². The summed E-state index contributed by atoms with van der Waals surface area (Å²) >= 11 is 6.08. The van der Waals surface area contributed by atoms with Crippen LogP contribution in [0.2, 0.25) is 5.02 Å². The molecule has 0 aliphatic carbocycles. The lowest BCUT2D eigenvalue weighted by molar-refractivity contribution is -0.121. The molecule has 0 atom stereocenters. The summed E-state index contributed by atoms with van der Waals surface area (Å²) in [5.74, 6) is -0.238. The van der Waals surface area contributed by atoms with Gasteiger partial charge in [-0.15, -0.1) is 0 Å². The lowest BCUT2D eigenvalue weighted by atomic mass is 10.2. The Balaban J connectivity index is 1.94. The van der Waals surface area contributed by atoms with E-state index < -0.39 is 10.0 Å². The Kier molecular flexibility index (Phi) is 7.65. The number of amides is 1. The predicted octanol–water partition coefficient (Wildman–Crippen LogP) is 3.35. The van der Waals surface area contributed by atoms with Crippen LogP contribution >= 0.6 is 11.6 Å². The minimum absolute atomic E-state index is 0.0788. The molecule has 0 fully saturated rings. The molecular weight excluding hydrogens is 407 g/mol. The van der Waals surface area contributed by atoms with Crippen molar-refractivity contribution in [1.29, 1.82) is 0 Å². The average Bonchev–Trinajstić information content (AvgIpc) is 2.63. The molecule has 0 unspecified atom stereocenters. The van der Waals surface area contributed by atoms with Gasteiger partial charge in [-0.05, 0) is 30.7 Å². The van der Waals surface area contributed by atoms with Gasteiger partial charge in [0.25, 0.3) is 0 Å². The highest BCUT2D eigenvalue weighted by atomic mass is 35.5. The number of anilines is 1. The van der Waals surface area contributed by atoms with Crippen LogP contribution in [-0.4, -0.2) is 34.2 Å². The van der Waals surface area contributed by atoms with Gasteiger partial charge in [-0.2, -0.15) is 0 Å². The van der Waals surface area contributed by atoms with Crippen LogP contribution in [0.3, 0.4) is 0 Å². The zero-order valence-electron chi connectivity index (χ0n) is 15.6. The van der Waals surface area contributed by atoms with Crippen molar-refractivity contribution in [3.63, 3.8) is 0 Å². The van der Waals surface area contributed by atoms with E-state index in [-0.39, 0.29) is 36.3 Å². The first-order chi connectivity index (χ1) is 13.2. The summed E-state index contributed by atoms with van der Waals surface area (Å²) in [7, 11) is -2.09. The number of hydrogen-bond acceptors (Lipinski definition) is 4. The third-order valence-corrected chi connectivity index (χ3v) is 5.51. The number of nitrogens with one attached hydrogen (secondary N) is 1. The highest BCUT2D eigenvalue weighted by Gasteiger charge is 2.19. The number of nitrogens with zero attached hydrogens (tertiary/aromatic N) is 1. The number of carbonyl (C=O) groups excluding carboxylic acids is 1. The predicted molar refractivity (Wildman–Crippen MR) is 108 cm³/mol. The number of halogens is 2. The van der Waals surface area contributed by atoms with E-state index in [1.807, 2.05) is 0 Å². The number of carbonyl (C=O) groups is 1. The molecule has 2 aromatic rings. The van der Waals surface area contributed by atoms with Crippen molar-refractivity contribution < 1.29 is 22.3 Å². The summed E-state index contributed by atoms with van der Waals surface area (Å²) in [6.45, 7) is 0.185. The second-order valence-electron chi connectivity index (χ2n) is 6.13. The van der Waals surface area contributed by atoms with E-state index in [2.05, 4.69) is 5.32 Å². The van der Waals surface area contributed by atoms with Gasteiger partial charge in [0, 0.05) is 25.1 Å². The molecular formula is C19H22ClFN2O4S. The Bertz CT molecular complexity index is 937. The van der Waals surface area contributed by atoms with Crippen LogP contribution in [0.5, 0.6) is 5.75 Å². The second-order valence-corrected chi connectivity index (χ2v) is 8.44. The minimum atomic E-state index is -3.56. The van der Waals surface area contributed by atoms with Crippen molar-refractivity contribution in [2.24, 2.45) is 0 Å². The van der Waals surface area contributed by atoms with E-state index in [0.717, 1.165) is 6.26 Å². The van der Waals surface area contributed by atoms with Gasteiger partial charge in [0.1, 0.15) is 11.6 Å². The molecule has 6 nitrogen and oxygen atoms in total. The van der Waals surface area contributed by atoms with Gasteiger partial charge in [0.15, 0.2) is 0 Å². The van der Waals surface area contributed by atoms with Gasteiger partial charge < -0.3 is 10.1 Å². The molecule has 2 rings (SSSR count). The lowest BCUT2D eigenvalue weighted by Gasteiger charge is -2.23. The summed E-state index contributed by atoms with van der Waals surface area (Å²) < 4.78 is 44.1. The average molecular weight is 429 g/mol. The quantitative estimate of drug-likeness (QED) is 0.664. The maximum absolute atomic E-state index is 13.6. The lowest BCUT2D eigenvalue weighted by Crippen LogP contribution is -2.32. The van der Waals surface area contributed by atoms with Gasteiger partial charge in [0.05, 0.1) is 24.1 Å². The maximum Gasteiger partial charge on any atom is 0.232 e. The molecule has 0 aromatic heterocycles. The Hall–Kier alpha value is -2.32. The normalized spacial score (nSPS) is 11.1. The molecule has 0 aliphatic heterocycles. The fourth-order valence-corrected chi connectivity index (χ4v) is 3.81. The van der Waals surface area contributed by atoms with Crippen molar-refractivity contribution in [3.8, 4) is 5.75 Å². The largest absolute Gasteiger partial charge is 0.495 e. The third-order valence-electron chi connectivity index (χ3n) is 4.02. The number of hydrogen-bond donors (Lipinski definition) is 1. The van der Waals surface area contributed by atoms with E-state index in [4.69, 9.17) is 16.3 Å². The summed E-state index contributed by atoms with van der Waals surface area (Å²) in [4.78, 5) is 12.0. The van der Waals surface area contributed by atoms with Crippen LogP contribution < -0.4 is 14.4 Å². The van der Waals surface area contributed by atoms with Crippen LogP contribution in [0, 0.1) is 5.82 Å². The SMILES string of the molecule is COc1ccc(N(CCCC(=O)NCc2ccccc2F)S(C)(=O)=O)cc1Cl. The van der Waals surface area contributed by atoms with Crippen LogP contribution in [0.15, 0.2) is 42.5 Å². The van der Waals surface area contributed by atoms with Gasteiger partial charge in [-0.25, -0.2) is 12.8 Å². The topological polar surface area (TPSA) is 75.7 Å². The molecule has 0 saturated heterocycles. The summed E-state index contributed by atoms with van der Waals surface area (Å²) in [5, 5.41) is 2.92. The van der Waals surface area contributed by atoms with Gasteiger partial charge in [-0.1, -0.05) is 29.8 Å².